The van der Waals surface area contributed by atoms with Crippen molar-refractivity contribution in [2.24, 2.45) is 0 Å². The first-order chi connectivity index (χ1) is 33.5. The largest absolute Gasteiger partial charge is 0.462 e. The van der Waals surface area contributed by atoms with Crippen molar-refractivity contribution >= 4 is 17.9 Å². The van der Waals surface area contributed by atoms with Crippen LogP contribution in [0.1, 0.15) is 310 Å². The highest BCUT2D eigenvalue weighted by Crippen LogP contribution is 2.17. The molecule has 0 N–H and O–H groups in total. The van der Waals surface area contributed by atoms with Crippen molar-refractivity contribution < 1.29 is 28.6 Å². The number of carbonyl (C=O) groups is 3. The molecule has 0 saturated carbocycles. The summed E-state index contributed by atoms with van der Waals surface area (Å²) in [5, 5.41) is 0. The Morgan fingerprint density at radius 3 is 0.853 bits per heavy atom. The molecule has 0 aromatic rings. The lowest BCUT2D eigenvalue weighted by molar-refractivity contribution is -0.167. The zero-order chi connectivity index (χ0) is 49.3. The monoisotopic (exact) mass is 953 g/mol. The van der Waals surface area contributed by atoms with E-state index in [-0.39, 0.29) is 31.1 Å². The van der Waals surface area contributed by atoms with Gasteiger partial charge in [-0.3, -0.25) is 14.4 Å². The molecule has 0 aliphatic heterocycles. The van der Waals surface area contributed by atoms with Crippen molar-refractivity contribution in [1.82, 2.24) is 0 Å². The van der Waals surface area contributed by atoms with Gasteiger partial charge in [-0.15, -0.1) is 0 Å². The van der Waals surface area contributed by atoms with E-state index in [4.69, 9.17) is 14.2 Å². The minimum Gasteiger partial charge on any atom is -0.462 e. The van der Waals surface area contributed by atoms with Gasteiger partial charge in [0, 0.05) is 19.3 Å². The Hall–Kier alpha value is -2.63. The standard InChI is InChI=1S/C62H112O6/c1-4-7-10-13-16-19-22-25-27-29-31-33-35-37-40-42-45-48-51-54-60(63)66-57-59(68-62(65)56-53-50-47-44-39-24-21-18-15-12-9-6-3)58-67-61(64)55-52-49-46-43-41-38-36-34-32-30-28-26-23-20-17-14-11-8-5-2/h16,19,25,27,31,33,37,40,59H,4-15,17-18,20-24,26,28-30,32,34-36,38-39,41-58H2,1-3H3/b19-16-,27-25-,33-31-,40-37-/t59-/m1/s1. The summed E-state index contributed by atoms with van der Waals surface area (Å²) >= 11 is 0. The molecule has 1 atom stereocenters. The normalized spacial score (nSPS) is 12.3. The van der Waals surface area contributed by atoms with E-state index in [0.29, 0.717) is 19.3 Å². The Kier molecular flexibility index (Phi) is 54.8. The first-order valence-corrected chi connectivity index (χ1v) is 29.6. The molecule has 0 aromatic carbocycles. The molecule has 0 aliphatic carbocycles. The summed E-state index contributed by atoms with van der Waals surface area (Å²) < 4.78 is 16.9. The van der Waals surface area contributed by atoms with Gasteiger partial charge in [-0.05, 0) is 64.2 Å². The van der Waals surface area contributed by atoms with Crippen LogP contribution >= 0.6 is 0 Å². The van der Waals surface area contributed by atoms with Crippen LogP contribution in [0.25, 0.3) is 0 Å². The Morgan fingerprint density at radius 2 is 0.529 bits per heavy atom. The van der Waals surface area contributed by atoms with Crippen LogP contribution in [0.4, 0.5) is 0 Å². The number of allylic oxidation sites excluding steroid dienone is 8. The predicted octanol–water partition coefficient (Wildman–Crippen LogP) is 19.8. The van der Waals surface area contributed by atoms with E-state index in [2.05, 4.69) is 69.4 Å². The van der Waals surface area contributed by atoms with Gasteiger partial charge < -0.3 is 14.2 Å². The average Bonchev–Trinajstić information content (AvgIpc) is 3.34. The molecule has 0 rings (SSSR count). The minimum absolute atomic E-state index is 0.0789. The number of ether oxygens (including phenoxy) is 3. The van der Waals surface area contributed by atoms with Crippen LogP contribution in [0.15, 0.2) is 48.6 Å². The Morgan fingerprint density at radius 1 is 0.294 bits per heavy atom. The van der Waals surface area contributed by atoms with Crippen LogP contribution in [0.3, 0.4) is 0 Å². The van der Waals surface area contributed by atoms with Gasteiger partial charge in [0.05, 0.1) is 0 Å². The molecule has 6 heteroatoms. The van der Waals surface area contributed by atoms with Gasteiger partial charge in [0.2, 0.25) is 0 Å². The highest BCUT2D eigenvalue weighted by atomic mass is 16.6. The molecule has 0 amide bonds. The third kappa shape index (κ3) is 54.3. The highest BCUT2D eigenvalue weighted by Gasteiger charge is 2.19. The van der Waals surface area contributed by atoms with Gasteiger partial charge in [-0.1, -0.05) is 275 Å². The van der Waals surface area contributed by atoms with Gasteiger partial charge in [0.15, 0.2) is 6.10 Å². The van der Waals surface area contributed by atoms with Gasteiger partial charge in [0.25, 0.3) is 0 Å². The van der Waals surface area contributed by atoms with E-state index in [9.17, 15) is 14.4 Å². The number of esters is 3. The molecule has 6 nitrogen and oxygen atoms in total. The summed E-state index contributed by atoms with van der Waals surface area (Å²) in [5.74, 6) is -0.894. The molecular weight excluding hydrogens is 841 g/mol. The number of unbranched alkanes of at least 4 members (excludes halogenated alkanes) is 35. The van der Waals surface area contributed by atoms with Crippen LogP contribution in [0.5, 0.6) is 0 Å². The molecule has 0 aliphatic rings. The van der Waals surface area contributed by atoms with Crippen molar-refractivity contribution in [3.05, 3.63) is 48.6 Å². The molecule has 0 aromatic heterocycles. The van der Waals surface area contributed by atoms with Crippen LogP contribution in [0, 0.1) is 0 Å². The molecule has 0 radical (unpaired) electrons. The topological polar surface area (TPSA) is 78.9 Å². The number of rotatable bonds is 54. The first kappa shape index (κ1) is 65.4. The Balaban J connectivity index is 4.34. The molecule has 396 valence electrons. The molecule has 0 heterocycles. The van der Waals surface area contributed by atoms with Crippen LogP contribution in [-0.4, -0.2) is 37.2 Å². The van der Waals surface area contributed by atoms with Gasteiger partial charge in [-0.2, -0.15) is 0 Å². The predicted molar refractivity (Wildman–Crippen MR) is 293 cm³/mol. The average molecular weight is 954 g/mol. The Labute approximate surface area is 422 Å². The fourth-order valence-corrected chi connectivity index (χ4v) is 8.60. The van der Waals surface area contributed by atoms with E-state index in [0.717, 1.165) is 83.5 Å². The zero-order valence-electron chi connectivity index (χ0n) is 45.4. The fourth-order valence-electron chi connectivity index (χ4n) is 8.60. The highest BCUT2D eigenvalue weighted by molar-refractivity contribution is 5.71. The maximum atomic E-state index is 12.8. The van der Waals surface area contributed by atoms with Crippen LogP contribution < -0.4 is 0 Å². The molecule has 68 heavy (non-hydrogen) atoms. The zero-order valence-corrected chi connectivity index (χ0v) is 45.4. The maximum absolute atomic E-state index is 12.8. The van der Waals surface area contributed by atoms with Gasteiger partial charge in [0.1, 0.15) is 13.2 Å². The van der Waals surface area contributed by atoms with Crippen molar-refractivity contribution in [1.29, 1.82) is 0 Å². The van der Waals surface area contributed by atoms with Crippen molar-refractivity contribution in [2.45, 2.75) is 316 Å². The van der Waals surface area contributed by atoms with E-state index in [1.54, 1.807) is 0 Å². The van der Waals surface area contributed by atoms with Crippen LogP contribution in [0.2, 0.25) is 0 Å². The fraction of sp³-hybridized carbons (Fsp3) is 0.823. The van der Waals surface area contributed by atoms with E-state index >= 15 is 0 Å². The van der Waals surface area contributed by atoms with Gasteiger partial charge in [-0.25, -0.2) is 0 Å². The third-order valence-electron chi connectivity index (χ3n) is 13.1. The molecule has 0 bridgehead atoms. The lowest BCUT2D eigenvalue weighted by atomic mass is 10.0. The quantitative estimate of drug-likeness (QED) is 0.0262. The molecule has 0 fully saturated rings. The van der Waals surface area contributed by atoms with E-state index in [1.165, 1.54) is 186 Å². The summed E-state index contributed by atoms with van der Waals surface area (Å²) in [6.45, 7) is 6.62. The Bertz CT molecular complexity index is 1190. The first-order valence-electron chi connectivity index (χ1n) is 29.6. The molecule has 0 saturated heterocycles. The van der Waals surface area contributed by atoms with Crippen molar-refractivity contribution in [3.8, 4) is 0 Å². The molecule has 0 spiro atoms. The summed E-state index contributed by atoms with van der Waals surface area (Å²) in [5.41, 5.74) is 0. The summed E-state index contributed by atoms with van der Waals surface area (Å²) in [7, 11) is 0. The third-order valence-corrected chi connectivity index (χ3v) is 13.1. The second-order valence-corrected chi connectivity index (χ2v) is 19.9. The van der Waals surface area contributed by atoms with E-state index < -0.39 is 6.10 Å². The SMILES string of the molecule is CCCCC/C=C\C/C=C\C/C=C\C/C=C\CCCCCC(=O)OC[C@H](COC(=O)CCCCCCCCCCCCCCCCCCCCC)OC(=O)CCCCCCCCCCCCCC. The second kappa shape index (κ2) is 57.0. The second-order valence-electron chi connectivity index (χ2n) is 19.9. The van der Waals surface area contributed by atoms with Crippen molar-refractivity contribution in [3.63, 3.8) is 0 Å². The number of hydrogen-bond acceptors (Lipinski definition) is 6. The smallest absolute Gasteiger partial charge is 0.306 e. The summed E-state index contributed by atoms with van der Waals surface area (Å²) in [6.07, 6.45) is 69.6. The minimum atomic E-state index is -0.782. The number of carbonyl (C=O) groups excluding carboxylic acids is 3. The molecular formula is C62H112O6. The van der Waals surface area contributed by atoms with Crippen LogP contribution in [-0.2, 0) is 28.6 Å². The lowest BCUT2D eigenvalue weighted by Crippen LogP contribution is -2.30. The maximum Gasteiger partial charge on any atom is 0.306 e. The molecule has 0 unspecified atom stereocenters. The van der Waals surface area contributed by atoms with E-state index in [1.807, 2.05) is 0 Å². The summed E-state index contributed by atoms with van der Waals surface area (Å²) in [6, 6.07) is 0. The lowest BCUT2D eigenvalue weighted by Gasteiger charge is -2.18. The van der Waals surface area contributed by atoms with Crippen molar-refractivity contribution in [2.75, 3.05) is 13.2 Å². The summed E-state index contributed by atoms with van der Waals surface area (Å²) in [4.78, 5) is 38.1. The number of hydrogen-bond donors (Lipinski definition) is 0. The van der Waals surface area contributed by atoms with Gasteiger partial charge >= 0.3 is 17.9 Å².